The van der Waals surface area contributed by atoms with Crippen molar-refractivity contribution < 1.29 is 14.3 Å². The van der Waals surface area contributed by atoms with E-state index in [1.807, 2.05) is 17.2 Å². The quantitative estimate of drug-likeness (QED) is 0.317. The molecule has 10 nitrogen and oxygen atoms in total. The Balaban J connectivity index is 1.13. The number of rotatable bonds is 7. The number of aromatic nitrogens is 4. The number of pyridine rings is 2. The largest absolute Gasteiger partial charge is 0.381 e. The van der Waals surface area contributed by atoms with Gasteiger partial charge in [0.1, 0.15) is 5.69 Å². The van der Waals surface area contributed by atoms with E-state index in [0.717, 1.165) is 90.8 Å². The summed E-state index contributed by atoms with van der Waals surface area (Å²) in [5.74, 6) is 0.618. The Kier molecular flexibility index (Phi) is 8.58. The molecule has 234 valence electrons. The number of nitrogens with zero attached hydrogens (tertiary/aromatic N) is 5. The maximum atomic E-state index is 12.7. The number of piperidine rings is 1. The minimum atomic E-state index is -0.140. The molecule has 2 amide bonds. The molecule has 2 fully saturated rings. The number of fused-ring (bicyclic) bond motifs is 2. The van der Waals surface area contributed by atoms with Gasteiger partial charge >= 0.3 is 0 Å². The first kappa shape index (κ1) is 29.6. The summed E-state index contributed by atoms with van der Waals surface area (Å²) in [5.41, 5.74) is 6.38. The average Bonchev–Trinajstić information content (AvgIpc) is 3.47. The Bertz CT molecular complexity index is 1690. The van der Waals surface area contributed by atoms with Gasteiger partial charge in [-0.2, -0.15) is 5.10 Å². The van der Waals surface area contributed by atoms with E-state index >= 15 is 0 Å². The zero-order valence-corrected chi connectivity index (χ0v) is 25.9. The highest BCUT2D eigenvalue weighted by Crippen LogP contribution is 2.37. The van der Waals surface area contributed by atoms with Gasteiger partial charge in [-0.1, -0.05) is 18.2 Å². The minimum Gasteiger partial charge on any atom is -0.381 e. The van der Waals surface area contributed by atoms with Gasteiger partial charge in [-0.15, -0.1) is 0 Å². The number of nitrogens with one attached hydrogen (secondary N) is 2. The van der Waals surface area contributed by atoms with Crippen molar-refractivity contribution in [1.29, 1.82) is 0 Å². The fourth-order valence-electron chi connectivity index (χ4n) is 7.03. The normalized spacial score (nSPS) is 17.8. The van der Waals surface area contributed by atoms with Crippen LogP contribution in [-0.4, -0.2) is 75.9 Å². The zero-order chi connectivity index (χ0) is 30.8. The minimum absolute atomic E-state index is 0.0870. The SMILES string of the molecule is CC(=O)N1CCc2c(c(-c3cccc4cc(-c5ccc(C(=O)NCCC6CCNCC6)nc5)ncc34)nn2C2CCOCC2)C1. The van der Waals surface area contributed by atoms with Crippen LogP contribution >= 0.6 is 0 Å². The average molecular weight is 608 g/mol. The lowest BCUT2D eigenvalue weighted by Crippen LogP contribution is -2.35. The van der Waals surface area contributed by atoms with Crippen molar-refractivity contribution in [1.82, 2.24) is 35.3 Å². The Labute approximate surface area is 263 Å². The smallest absolute Gasteiger partial charge is 0.269 e. The van der Waals surface area contributed by atoms with E-state index in [2.05, 4.69) is 44.6 Å². The van der Waals surface area contributed by atoms with E-state index in [4.69, 9.17) is 14.8 Å². The van der Waals surface area contributed by atoms with Crippen molar-refractivity contribution >= 4 is 22.6 Å². The molecule has 3 aliphatic heterocycles. The molecule has 0 bridgehead atoms. The number of carbonyl (C=O) groups excluding carboxylic acids is 2. The fourth-order valence-corrected chi connectivity index (χ4v) is 7.03. The summed E-state index contributed by atoms with van der Waals surface area (Å²) in [6, 6.07) is 12.3. The van der Waals surface area contributed by atoms with Crippen LogP contribution in [0.5, 0.6) is 0 Å². The van der Waals surface area contributed by atoms with Crippen molar-refractivity contribution in [2.75, 3.05) is 39.4 Å². The van der Waals surface area contributed by atoms with Crippen LogP contribution in [0.1, 0.15) is 66.8 Å². The first-order chi connectivity index (χ1) is 22.0. The first-order valence-corrected chi connectivity index (χ1v) is 16.3. The van der Waals surface area contributed by atoms with Gasteiger partial charge in [0, 0.05) is 86.4 Å². The van der Waals surface area contributed by atoms with E-state index in [1.165, 1.54) is 18.5 Å². The van der Waals surface area contributed by atoms with Crippen LogP contribution in [0.3, 0.4) is 0 Å². The monoisotopic (exact) mass is 607 g/mol. The second kappa shape index (κ2) is 13.1. The molecule has 45 heavy (non-hydrogen) atoms. The lowest BCUT2D eigenvalue weighted by atomic mass is 9.95. The Hall–Kier alpha value is -4.15. The summed E-state index contributed by atoms with van der Waals surface area (Å²) in [5, 5.41) is 13.7. The number of ether oxygens (including phenoxy) is 1. The van der Waals surface area contributed by atoms with Crippen molar-refractivity contribution in [3.8, 4) is 22.5 Å². The van der Waals surface area contributed by atoms with Crippen LogP contribution in [0.15, 0.2) is 48.8 Å². The molecule has 7 rings (SSSR count). The maximum Gasteiger partial charge on any atom is 0.269 e. The van der Waals surface area contributed by atoms with E-state index < -0.39 is 0 Å². The molecule has 0 aliphatic carbocycles. The number of benzene rings is 1. The standard InChI is InChI=1S/C35H41N7O3/c1-23(43)41-16-10-33-30(22-41)34(40-42(33)27-11-17-45-18-12-27)28-4-2-3-25-19-32(39-21-29(25)28)26-5-6-31(38-20-26)35(44)37-15-9-24-7-13-36-14-8-24/h2-6,19-21,24,27,36H,7-18,22H2,1H3,(H,37,44). The van der Waals surface area contributed by atoms with Crippen molar-refractivity contribution in [3.63, 3.8) is 0 Å². The van der Waals surface area contributed by atoms with Gasteiger partial charge in [0.25, 0.3) is 5.91 Å². The van der Waals surface area contributed by atoms with Crippen LogP contribution in [0.4, 0.5) is 0 Å². The second-order valence-corrected chi connectivity index (χ2v) is 12.5. The summed E-state index contributed by atoms with van der Waals surface area (Å²) in [7, 11) is 0. The van der Waals surface area contributed by atoms with E-state index in [9.17, 15) is 9.59 Å². The molecule has 0 spiro atoms. The molecular formula is C35H41N7O3. The second-order valence-electron chi connectivity index (χ2n) is 12.5. The molecule has 3 aliphatic rings. The Morgan fingerprint density at radius 2 is 1.89 bits per heavy atom. The molecule has 2 saturated heterocycles. The molecular weight excluding hydrogens is 566 g/mol. The van der Waals surface area contributed by atoms with Crippen LogP contribution in [0.2, 0.25) is 0 Å². The maximum absolute atomic E-state index is 12.7. The Morgan fingerprint density at radius 3 is 2.67 bits per heavy atom. The summed E-state index contributed by atoms with van der Waals surface area (Å²) >= 11 is 0. The van der Waals surface area contributed by atoms with Crippen molar-refractivity contribution in [2.45, 2.75) is 58.0 Å². The van der Waals surface area contributed by atoms with Gasteiger partial charge in [0.2, 0.25) is 5.91 Å². The molecule has 0 radical (unpaired) electrons. The predicted octanol–water partition coefficient (Wildman–Crippen LogP) is 4.54. The lowest BCUT2D eigenvalue weighted by molar-refractivity contribution is -0.129. The highest BCUT2D eigenvalue weighted by molar-refractivity contribution is 5.98. The third-order valence-corrected chi connectivity index (χ3v) is 9.68. The summed E-state index contributed by atoms with van der Waals surface area (Å²) in [4.78, 5) is 36.3. The number of carbonyl (C=O) groups is 2. The highest BCUT2D eigenvalue weighted by Gasteiger charge is 2.30. The van der Waals surface area contributed by atoms with Crippen molar-refractivity contribution in [3.05, 3.63) is 65.7 Å². The third kappa shape index (κ3) is 6.21. The van der Waals surface area contributed by atoms with Gasteiger partial charge < -0.3 is 20.3 Å². The topological polar surface area (TPSA) is 114 Å². The molecule has 0 unspecified atom stereocenters. The number of hydrogen-bond acceptors (Lipinski definition) is 7. The molecule has 0 saturated carbocycles. The van der Waals surface area contributed by atoms with E-state index in [0.29, 0.717) is 37.3 Å². The Morgan fingerprint density at radius 1 is 1.04 bits per heavy atom. The fraction of sp³-hybridized carbons (Fsp3) is 0.457. The predicted molar refractivity (Wildman–Crippen MR) is 173 cm³/mol. The zero-order valence-electron chi connectivity index (χ0n) is 25.9. The van der Waals surface area contributed by atoms with E-state index in [1.54, 1.807) is 19.2 Å². The third-order valence-electron chi connectivity index (χ3n) is 9.68. The number of hydrogen-bond donors (Lipinski definition) is 2. The van der Waals surface area contributed by atoms with Crippen molar-refractivity contribution in [2.24, 2.45) is 5.92 Å². The molecule has 0 atom stereocenters. The lowest BCUT2D eigenvalue weighted by Gasteiger charge is -2.29. The molecule has 10 heteroatoms. The summed E-state index contributed by atoms with van der Waals surface area (Å²) in [6.45, 7) is 7.20. The van der Waals surface area contributed by atoms with Gasteiger partial charge in [-0.3, -0.25) is 24.2 Å². The molecule has 4 aromatic rings. The van der Waals surface area contributed by atoms with Gasteiger partial charge in [0.05, 0.1) is 17.4 Å². The van der Waals surface area contributed by atoms with Gasteiger partial charge in [0.15, 0.2) is 0 Å². The van der Waals surface area contributed by atoms with Crippen LogP contribution in [-0.2, 0) is 22.5 Å². The van der Waals surface area contributed by atoms with Crippen LogP contribution in [0, 0.1) is 5.92 Å². The number of amides is 2. The van der Waals surface area contributed by atoms with Gasteiger partial charge in [-0.25, -0.2) is 0 Å². The highest BCUT2D eigenvalue weighted by atomic mass is 16.5. The first-order valence-electron chi connectivity index (χ1n) is 16.3. The van der Waals surface area contributed by atoms with Crippen LogP contribution < -0.4 is 10.6 Å². The molecule has 3 aromatic heterocycles. The molecule has 6 heterocycles. The van der Waals surface area contributed by atoms with Crippen LogP contribution in [0.25, 0.3) is 33.3 Å². The molecule has 2 N–H and O–H groups in total. The summed E-state index contributed by atoms with van der Waals surface area (Å²) < 4.78 is 7.86. The molecule has 1 aromatic carbocycles. The van der Waals surface area contributed by atoms with Gasteiger partial charge in [-0.05, 0) is 74.7 Å². The van der Waals surface area contributed by atoms with E-state index in [-0.39, 0.29) is 11.8 Å². The summed E-state index contributed by atoms with van der Waals surface area (Å²) in [6.07, 6.45) is 9.66.